The average Bonchev–Trinajstić information content (AvgIpc) is 2.47. The molecule has 6 heteroatoms. The Hall–Kier alpha value is -1.85. The van der Waals surface area contributed by atoms with E-state index < -0.39 is 0 Å². The average molecular weight is 322 g/mol. The summed E-state index contributed by atoms with van der Waals surface area (Å²) in [6.07, 6.45) is -0.182. The number of nitrogens with zero attached hydrogens (tertiary/aromatic N) is 2. The molecule has 1 aromatic heterocycles. The maximum Gasteiger partial charge on any atom is 0.224 e. The van der Waals surface area contributed by atoms with Gasteiger partial charge in [-0.2, -0.15) is 4.98 Å². The number of anilines is 1. The second-order valence-corrected chi connectivity index (χ2v) is 5.71. The third-order valence-electron chi connectivity index (χ3n) is 2.87. The van der Waals surface area contributed by atoms with Crippen molar-refractivity contribution in [1.82, 2.24) is 9.97 Å². The molecule has 0 spiro atoms. The maximum atomic E-state index is 5.94. The molecule has 22 heavy (non-hydrogen) atoms. The second-order valence-electron chi connectivity index (χ2n) is 5.32. The van der Waals surface area contributed by atoms with E-state index in [4.69, 9.17) is 26.8 Å². The van der Waals surface area contributed by atoms with Crippen LogP contribution in [0.5, 0.6) is 5.88 Å². The summed E-state index contributed by atoms with van der Waals surface area (Å²) in [5, 5.41) is 0.252. The number of nitrogen functional groups attached to an aromatic ring is 1. The molecule has 0 aliphatic rings. The first-order valence-electron chi connectivity index (χ1n) is 7.14. The standard InChI is InChI=1S/C16H20ClN3O2/c1-11(2)9-21-13(12-6-4-3-5-7-12)10-22-15-8-14(17)19-16(18)20-15/h3-8,11,13H,9-10H2,1-2H3,(H2,18,19,20). The summed E-state index contributed by atoms with van der Waals surface area (Å²) < 4.78 is 11.6. The first kappa shape index (κ1) is 16.5. The van der Waals surface area contributed by atoms with Gasteiger partial charge in [0, 0.05) is 12.7 Å². The van der Waals surface area contributed by atoms with Crippen molar-refractivity contribution >= 4 is 17.5 Å². The molecule has 1 atom stereocenters. The van der Waals surface area contributed by atoms with Crippen LogP contribution in [0.3, 0.4) is 0 Å². The van der Waals surface area contributed by atoms with Crippen LogP contribution in [0.15, 0.2) is 36.4 Å². The van der Waals surface area contributed by atoms with Gasteiger partial charge < -0.3 is 15.2 Å². The zero-order chi connectivity index (χ0) is 15.9. The molecule has 0 amide bonds. The lowest BCUT2D eigenvalue weighted by molar-refractivity contribution is 0.00445. The number of rotatable bonds is 7. The van der Waals surface area contributed by atoms with Gasteiger partial charge in [0.25, 0.3) is 0 Å². The zero-order valence-corrected chi connectivity index (χ0v) is 13.5. The Labute approximate surface area is 135 Å². The molecule has 2 aromatic rings. The Balaban J connectivity index is 2.05. The third kappa shape index (κ3) is 5.16. The predicted molar refractivity (Wildman–Crippen MR) is 86.9 cm³/mol. The topological polar surface area (TPSA) is 70.3 Å². The van der Waals surface area contributed by atoms with Gasteiger partial charge >= 0.3 is 0 Å². The lowest BCUT2D eigenvalue weighted by atomic mass is 10.1. The molecule has 0 aliphatic carbocycles. The van der Waals surface area contributed by atoms with Crippen LogP contribution in [-0.2, 0) is 4.74 Å². The van der Waals surface area contributed by atoms with Crippen LogP contribution in [0.4, 0.5) is 5.95 Å². The highest BCUT2D eigenvalue weighted by molar-refractivity contribution is 6.29. The Bertz CT molecular complexity index is 573. The molecule has 0 saturated heterocycles. The van der Waals surface area contributed by atoms with Gasteiger partial charge in [0.2, 0.25) is 11.8 Å². The summed E-state index contributed by atoms with van der Waals surface area (Å²) in [7, 11) is 0. The van der Waals surface area contributed by atoms with E-state index in [1.54, 1.807) is 0 Å². The summed E-state index contributed by atoms with van der Waals surface area (Å²) in [5.41, 5.74) is 6.61. The number of benzene rings is 1. The molecule has 118 valence electrons. The number of halogens is 1. The van der Waals surface area contributed by atoms with Crippen molar-refractivity contribution in [1.29, 1.82) is 0 Å². The highest BCUT2D eigenvalue weighted by Crippen LogP contribution is 2.21. The van der Waals surface area contributed by atoms with Gasteiger partial charge in [-0.25, -0.2) is 4.98 Å². The lowest BCUT2D eigenvalue weighted by Gasteiger charge is -2.20. The molecule has 0 bridgehead atoms. The van der Waals surface area contributed by atoms with Gasteiger partial charge in [0.1, 0.15) is 17.9 Å². The minimum absolute atomic E-state index is 0.0851. The highest BCUT2D eigenvalue weighted by atomic mass is 35.5. The molecule has 2 N–H and O–H groups in total. The second kappa shape index (κ2) is 7.96. The molecule has 2 rings (SSSR count). The number of hydrogen-bond acceptors (Lipinski definition) is 5. The van der Waals surface area contributed by atoms with Gasteiger partial charge in [0.15, 0.2) is 0 Å². The van der Waals surface area contributed by atoms with E-state index in [0.717, 1.165) is 5.56 Å². The van der Waals surface area contributed by atoms with E-state index in [0.29, 0.717) is 25.0 Å². The first-order chi connectivity index (χ1) is 10.5. The molecule has 1 heterocycles. The fourth-order valence-corrected chi connectivity index (χ4v) is 2.05. The number of aromatic nitrogens is 2. The van der Waals surface area contributed by atoms with Gasteiger partial charge in [-0.3, -0.25) is 0 Å². The Kier molecular flexibility index (Phi) is 5.98. The third-order valence-corrected chi connectivity index (χ3v) is 3.07. The van der Waals surface area contributed by atoms with Crippen molar-refractivity contribution in [3.8, 4) is 5.88 Å². The van der Waals surface area contributed by atoms with Crippen molar-refractivity contribution in [2.45, 2.75) is 20.0 Å². The van der Waals surface area contributed by atoms with E-state index in [9.17, 15) is 0 Å². The maximum absolute atomic E-state index is 5.94. The molecule has 0 aliphatic heterocycles. The molecule has 0 fully saturated rings. The molecular weight excluding hydrogens is 302 g/mol. The largest absolute Gasteiger partial charge is 0.474 e. The van der Waals surface area contributed by atoms with Crippen molar-refractivity contribution < 1.29 is 9.47 Å². The van der Waals surface area contributed by atoms with Gasteiger partial charge in [-0.05, 0) is 11.5 Å². The summed E-state index contributed by atoms with van der Waals surface area (Å²) in [4.78, 5) is 7.80. The molecule has 5 nitrogen and oxygen atoms in total. The fourth-order valence-electron chi connectivity index (χ4n) is 1.87. The van der Waals surface area contributed by atoms with E-state index in [1.165, 1.54) is 6.07 Å². The smallest absolute Gasteiger partial charge is 0.224 e. The normalized spacial score (nSPS) is 12.4. The summed E-state index contributed by atoms with van der Waals surface area (Å²) >= 11 is 5.84. The molecule has 0 saturated carbocycles. The first-order valence-corrected chi connectivity index (χ1v) is 7.52. The Morgan fingerprint density at radius 3 is 2.50 bits per heavy atom. The lowest BCUT2D eigenvalue weighted by Crippen LogP contribution is -2.17. The van der Waals surface area contributed by atoms with Crippen LogP contribution in [0.1, 0.15) is 25.5 Å². The Morgan fingerprint density at radius 1 is 1.14 bits per heavy atom. The van der Waals surface area contributed by atoms with Crippen LogP contribution in [0.2, 0.25) is 5.15 Å². The highest BCUT2D eigenvalue weighted by Gasteiger charge is 2.14. The van der Waals surface area contributed by atoms with Crippen molar-refractivity contribution in [2.24, 2.45) is 5.92 Å². The number of nitrogens with two attached hydrogens (primary N) is 1. The minimum atomic E-state index is -0.182. The van der Waals surface area contributed by atoms with Crippen LogP contribution < -0.4 is 10.5 Å². The minimum Gasteiger partial charge on any atom is -0.474 e. The zero-order valence-electron chi connectivity index (χ0n) is 12.7. The SMILES string of the molecule is CC(C)COC(COc1cc(Cl)nc(N)n1)c1ccccc1. The van der Waals surface area contributed by atoms with Gasteiger partial charge in [-0.15, -0.1) is 0 Å². The predicted octanol–water partition coefficient (Wildman–Crippen LogP) is 3.50. The number of hydrogen-bond donors (Lipinski definition) is 1. The van der Waals surface area contributed by atoms with E-state index in [1.807, 2.05) is 30.3 Å². The van der Waals surface area contributed by atoms with E-state index in [2.05, 4.69) is 23.8 Å². The quantitative estimate of drug-likeness (QED) is 0.790. The summed E-state index contributed by atoms with van der Waals surface area (Å²) in [6.45, 7) is 5.18. The number of ether oxygens (including phenoxy) is 2. The molecule has 1 aromatic carbocycles. The van der Waals surface area contributed by atoms with Crippen LogP contribution in [0, 0.1) is 5.92 Å². The van der Waals surface area contributed by atoms with Gasteiger partial charge in [0.05, 0.1) is 0 Å². The Morgan fingerprint density at radius 2 is 1.86 bits per heavy atom. The van der Waals surface area contributed by atoms with E-state index in [-0.39, 0.29) is 17.2 Å². The summed E-state index contributed by atoms with van der Waals surface area (Å²) in [5.74, 6) is 0.865. The van der Waals surface area contributed by atoms with E-state index >= 15 is 0 Å². The molecule has 1 unspecified atom stereocenters. The van der Waals surface area contributed by atoms with Crippen LogP contribution >= 0.6 is 11.6 Å². The summed E-state index contributed by atoms with van der Waals surface area (Å²) in [6, 6.07) is 11.5. The molecule has 0 radical (unpaired) electrons. The van der Waals surface area contributed by atoms with Crippen molar-refractivity contribution in [2.75, 3.05) is 18.9 Å². The fraction of sp³-hybridized carbons (Fsp3) is 0.375. The van der Waals surface area contributed by atoms with Crippen molar-refractivity contribution in [3.63, 3.8) is 0 Å². The van der Waals surface area contributed by atoms with Crippen LogP contribution in [-0.4, -0.2) is 23.2 Å². The van der Waals surface area contributed by atoms with Gasteiger partial charge in [-0.1, -0.05) is 55.8 Å². The molecular formula is C16H20ClN3O2. The monoisotopic (exact) mass is 321 g/mol. The van der Waals surface area contributed by atoms with Crippen molar-refractivity contribution in [3.05, 3.63) is 47.1 Å². The van der Waals surface area contributed by atoms with Crippen LogP contribution in [0.25, 0.3) is 0 Å².